The van der Waals surface area contributed by atoms with Gasteiger partial charge in [-0.2, -0.15) is 0 Å². The van der Waals surface area contributed by atoms with Gasteiger partial charge in [-0.15, -0.1) is 0 Å². The zero-order valence-electron chi connectivity index (χ0n) is 12.5. The van der Waals surface area contributed by atoms with E-state index in [9.17, 15) is 14.4 Å². The van der Waals surface area contributed by atoms with Crippen molar-refractivity contribution in [1.29, 1.82) is 0 Å². The third-order valence-electron chi connectivity index (χ3n) is 3.19. The topological polar surface area (TPSA) is 60.4 Å². The normalized spacial score (nSPS) is 10.2. The third-order valence-corrected chi connectivity index (χ3v) is 3.45. The number of esters is 1. The number of ether oxygens (including phenoxy) is 1. The molecule has 0 N–H and O–H groups in total. The van der Waals surface area contributed by atoms with E-state index in [0.29, 0.717) is 21.9 Å². The van der Waals surface area contributed by atoms with Crippen LogP contribution in [0.4, 0.5) is 0 Å². The van der Waals surface area contributed by atoms with Crippen molar-refractivity contribution >= 4 is 29.1 Å². The standard InChI is InChI=1S/C18H15ClO4/c1-12(20)14-3-2-4-16(11-14)23-18(22)10-9-17(21)13-5-7-15(19)8-6-13/h2-8,11H,9-10H2,1H3. The Morgan fingerprint density at radius 2 is 1.65 bits per heavy atom. The molecule has 0 aliphatic rings. The molecule has 2 aromatic carbocycles. The van der Waals surface area contributed by atoms with Crippen LogP contribution in [0, 0.1) is 0 Å². The molecule has 0 aromatic heterocycles. The number of carbonyl (C=O) groups excluding carboxylic acids is 3. The van der Waals surface area contributed by atoms with Crippen molar-refractivity contribution in [3.8, 4) is 5.75 Å². The van der Waals surface area contributed by atoms with Gasteiger partial charge in [-0.05, 0) is 43.3 Å². The lowest BCUT2D eigenvalue weighted by atomic mass is 10.1. The zero-order valence-corrected chi connectivity index (χ0v) is 13.3. The molecule has 0 radical (unpaired) electrons. The molecule has 0 saturated carbocycles. The fourth-order valence-corrected chi connectivity index (χ4v) is 2.08. The lowest BCUT2D eigenvalue weighted by Crippen LogP contribution is -2.11. The minimum Gasteiger partial charge on any atom is -0.426 e. The van der Waals surface area contributed by atoms with Crippen LogP contribution < -0.4 is 4.74 Å². The Morgan fingerprint density at radius 1 is 0.957 bits per heavy atom. The lowest BCUT2D eigenvalue weighted by molar-refractivity contribution is -0.134. The van der Waals surface area contributed by atoms with Crippen LogP contribution in [0.25, 0.3) is 0 Å². The smallest absolute Gasteiger partial charge is 0.311 e. The molecule has 0 atom stereocenters. The van der Waals surface area contributed by atoms with Gasteiger partial charge in [-0.1, -0.05) is 23.7 Å². The van der Waals surface area contributed by atoms with Crippen LogP contribution in [0.1, 0.15) is 40.5 Å². The maximum absolute atomic E-state index is 12.0. The summed E-state index contributed by atoms with van der Waals surface area (Å²) < 4.78 is 5.15. The van der Waals surface area contributed by atoms with E-state index in [2.05, 4.69) is 0 Å². The largest absolute Gasteiger partial charge is 0.426 e. The van der Waals surface area contributed by atoms with Crippen molar-refractivity contribution in [3.05, 3.63) is 64.7 Å². The predicted molar refractivity (Wildman–Crippen MR) is 87.1 cm³/mol. The maximum atomic E-state index is 12.0. The molecule has 0 bridgehead atoms. The SMILES string of the molecule is CC(=O)c1cccc(OC(=O)CCC(=O)c2ccc(Cl)cc2)c1. The average molecular weight is 331 g/mol. The van der Waals surface area contributed by atoms with Crippen molar-refractivity contribution in [2.45, 2.75) is 19.8 Å². The summed E-state index contributed by atoms with van der Waals surface area (Å²) in [7, 11) is 0. The fourth-order valence-electron chi connectivity index (χ4n) is 1.96. The van der Waals surface area contributed by atoms with Crippen molar-refractivity contribution in [1.82, 2.24) is 0 Å². The number of carbonyl (C=O) groups is 3. The van der Waals surface area contributed by atoms with E-state index in [1.165, 1.54) is 13.0 Å². The first-order chi connectivity index (χ1) is 11.0. The summed E-state index contributed by atoms with van der Waals surface area (Å²) >= 11 is 5.76. The second kappa shape index (κ2) is 7.70. The van der Waals surface area contributed by atoms with E-state index in [0.717, 1.165) is 0 Å². The van der Waals surface area contributed by atoms with Crippen molar-refractivity contribution in [3.63, 3.8) is 0 Å². The number of benzene rings is 2. The van der Waals surface area contributed by atoms with Gasteiger partial charge in [0.25, 0.3) is 0 Å². The van der Waals surface area contributed by atoms with Gasteiger partial charge in [0.2, 0.25) is 0 Å². The van der Waals surface area contributed by atoms with E-state index in [-0.39, 0.29) is 24.4 Å². The van der Waals surface area contributed by atoms with E-state index >= 15 is 0 Å². The van der Waals surface area contributed by atoms with Crippen LogP contribution in [-0.4, -0.2) is 17.5 Å². The minimum absolute atomic E-state index is 0.0360. The molecule has 118 valence electrons. The Labute approximate surface area is 139 Å². The molecular formula is C18H15ClO4. The number of hydrogen-bond donors (Lipinski definition) is 0. The second-order valence-electron chi connectivity index (χ2n) is 4.99. The second-order valence-corrected chi connectivity index (χ2v) is 5.42. The molecule has 0 spiro atoms. The van der Waals surface area contributed by atoms with Crippen LogP contribution >= 0.6 is 11.6 Å². The van der Waals surface area contributed by atoms with Gasteiger partial charge in [-0.25, -0.2) is 0 Å². The average Bonchev–Trinajstić information content (AvgIpc) is 2.53. The quantitative estimate of drug-likeness (QED) is 0.454. The van der Waals surface area contributed by atoms with Gasteiger partial charge in [-0.3, -0.25) is 14.4 Å². The summed E-state index contributed by atoms with van der Waals surface area (Å²) in [4.78, 5) is 35.0. The number of hydrogen-bond acceptors (Lipinski definition) is 4. The van der Waals surface area contributed by atoms with Gasteiger partial charge < -0.3 is 4.74 Å². The van der Waals surface area contributed by atoms with Crippen molar-refractivity contribution in [2.24, 2.45) is 0 Å². The Bertz CT molecular complexity index is 735. The highest BCUT2D eigenvalue weighted by molar-refractivity contribution is 6.30. The first-order valence-corrected chi connectivity index (χ1v) is 7.44. The summed E-state index contributed by atoms with van der Waals surface area (Å²) in [6.07, 6.45) is 0.0125. The molecule has 23 heavy (non-hydrogen) atoms. The third kappa shape index (κ3) is 5.04. The summed E-state index contributed by atoms with van der Waals surface area (Å²) in [5, 5.41) is 0.548. The predicted octanol–water partition coefficient (Wildman–Crippen LogP) is 4.11. The van der Waals surface area contributed by atoms with Gasteiger partial charge in [0.15, 0.2) is 11.6 Å². The van der Waals surface area contributed by atoms with Crippen LogP contribution in [0.15, 0.2) is 48.5 Å². The Kier molecular flexibility index (Phi) is 5.66. The molecule has 0 unspecified atom stereocenters. The van der Waals surface area contributed by atoms with E-state index in [4.69, 9.17) is 16.3 Å². The van der Waals surface area contributed by atoms with Crippen LogP contribution in [-0.2, 0) is 4.79 Å². The molecule has 0 heterocycles. The van der Waals surface area contributed by atoms with Gasteiger partial charge in [0, 0.05) is 22.6 Å². The summed E-state index contributed by atoms with van der Waals surface area (Å²) in [5.74, 6) is -0.494. The Morgan fingerprint density at radius 3 is 2.30 bits per heavy atom. The highest BCUT2D eigenvalue weighted by atomic mass is 35.5. The first kappa shape index (κ1) is 16.9. The zero-order chi connectivity index (χ0) is 16.8. The molecule has 0 aliphatic heterocycles. The molecule has 2 aromatic rings. The van der Waals surface area contributed by atoms with Crippen LogP contribution in [0.3, 0.4) is 0 Å². The summed E-state index contributed by atoms with van der Waals surface area (Å²) in [6, 6.07) is 12.9. The molecule has 0 aliphatic carbocycles. The van der Waals surface area contributed by atoms with Crippen LogP contribution in [0.5, 0.6) is 5.75 Å². The maximum Gasteiger partial charge on any atom is 0.311 e. The van der Waals surface area contributed by atoms with E-state index in [1.807, 2.05) is 0 Å². The summed E-state index contributed by atoms with van der Waals surface area (Å²) in [5.41, 5.74) is 0.966. The number of rotatable bonds is 6. The molecule has 0 saturated heterocycles. The highest BCUT2D eigenvalue weighted by Crippen LogP contribution is 2.16. The number of ketones is 2. The molecule has 0 amide bonds. The molecule has 5 heteroatoms. The number of Topliss-reactive ketones (excluding diaryl/α,β-unsaturated/α-hetero) is 2. The van der Waals surface area contributed by atoms with Gasteiger partial charge in [0.05, 0.1) is 6.42 Å². The van der Waals surface area contributed by atoms with Crippen molar-refractivity contribution < 1.29 is 19.1 Å². The lowest BCUT2D eigenvalue weighted by Gasteiger charge is -2.05. The first-order valence-electron chi connectivity index (χ1n) is 7.06. The van der Waals surface area contributed by atoms with Crippen LogP contribution in [0.2, 0.25) is 5.02 Å². The fraction of sp³-hybridized carbons (Fsp3) is 0.167. The van der Waals surface area contributed by atoms with E-state index in [1.54, 1.807) is 42.5 Å². The molecular weight excluding hydrogens is 316 g/mol. The van der Waals surface area contributed by atoms with Crippen molar-refractivity contribution in [2.75, 3.05) is 0 Å². The molecule has 0 fully saturated rings. The number of halogens is 1. The van der Waals surface area contributed by atoms with Gasteiger partial charge in [0.1, 0.15) is 5.75 Å². The molecule has 4 nitrogen and oxygen atoms in total. The monoisotopic (exact) mass is 330 g/mol. The van der Waals surface area contributed by atoms with E-state index < -0.39 is 5.97 Å². The highest BCUT2D eigenvalue weighted by Gasteiger charge is 2.11. The summed E-state index contributed by atoms with van der Waals surface area (Å²) in [6.45, 7) is 1.44. The molecule has 2 rings (SSSR count). The van der Waals surface area contributed by atoms with Gasteiger partial charge >= 0.3 is 5.97 Å². The Balaban J connectivity index is 1.90. The Hall–Kier alpha value is -2.46. The minimum atomic E-state index is -0.520.